The van der Waals surface area contributed by atoms with E-state index in [0.717, 1.165) is 55.7 Å². The average Bonchev–Trinajstić information content (AvgIpc) is 3.46. The minimum absolute atomic E-state index is 0.283. The number of halogens is 2. The van der Waals surface area contributed by atoms with Crippen molar-refractivity contribution in [3.05, 3.63) is 121 Å². The standard InChI is InChI=1S/C32H18F2N4/c33-23-17-25-26(18-24(23)34)36-32(38-29-15-7-3-11-21(29)22-12-4-8-16-30(22)38)31(35-25)37-27-13-5-1-9-19(27)20-10-2-6-14-28(20)37/h1-18H. The molecule has 0 aliphatic carbocycles. The first-order valence-corrected chi connectivity index (χ1v) is 12.3. The van der Waals surface area contributed by atoms with Crippen LogP contribution in [-0.4, -0.2) is 19.1 Å². The summed E-state index contributed by atoms with van der Waals surface area (Å²) in [4.78, 5) is 9.92. The van der Waals surface area contributed by atoms with Crippen molar-refractivity contribution in [2.24, 2.45) is 0 Å². The van der Waals surface area contributed by atoms with Crippen molar-refractivity contribution >= 4 is 54.6 Å². The molecule has 0 N–H and O–H groups in total. The van der Waals surface area contributed by atoms with Gasteiger partial charge >= 0.3 is 0 Å². The van der Waals surface area contributed by atoms with Crippen LogP contribution in [0, 0.1) is 11.6 Å². The Morgan fingerprint density at radius 2 is 0.711 bits per heavy atom. The Labute approximate surface area is 215 Å². The van der Waals surface area contributed by atoms with Crippen LogP contribution in [0.3, 0.4) is 0 Å². The topological polar surface area (TPSA) is 35.6 Å². The minimum Gasteiger partial charge on any atom is -0.291 e. The van der Waals surface area contributed by atoms with Crippen LogP contribution in [-0.2, 0) is 0 Å². The van der Waals surface area contributed by atoms with Gasteiger partial charge in [0.2, 0.25) is 0 Å². The lowest BCUT2D eigenvalue weighted by atomic mass is 10.2. The number of aromatic nitrogens is 4. The molecule has 6 heteroatoms. The van der Waals surface area contributed by atoms with Crippen molar-refractivity contribution < 1.29 is 8.78 Å². The van der Waals surface area contributed by atoms with Crippen molar-refractivity contribution in [2.75, 3.05) is 0 Å². The highest BCUT2D eigenvalue weighted by molar-refractivity contribution is 6.11. The molecule has 0 bridgehead atoms. The summed E-state index contributed by atoms with van der Waals surface area (Å²) in [5.74, 6) is -0.839. The molecule has 0 unspecified atom stereocenters. The molecule has 3 heterocycles. The molecule has 8 rings (SSSR count). The van der Waals surface area contributed by atoms with Crippen LogP contribution >= 0.6 is 0 Å². The molecule has 0 amide bonds. The van der Waals surface area contributed by atoms with Gasteiger partial charge in [0.25, 0.3) is 0 Å². The Hall–Kier alpha value is -5.10. The third kappa shape index (κ3) is 2.82. The van der Waals surface area contributed by atoms with Gasteiger partial charge in [-0.25, -0.2) is 18.7 Å². The van der Waals surface area contributed by atoms with Crippen LogP contribution in [0.4, 0.5) is 8.78 Å². The van der Waals surface area contributed by atoms with Gasteiger partial charge in [0.15, 0.2) is 23.3 Å². The molecule has 0 spiro atoms. The Morgan fingerprint density at radius 1 is 0.421 bits per heavy atom. The summed E-state index contributed by atoms with van der Waals surface area (Å²) in [5, 5.41) is 4.29. The van der Waals surface area contributed by atoms with E-state index in [4.69, 9.17) is 9.97 Å². The first kappa shape index (κ1) is 21.0. The van der Waals surface area contributed by atoms with Crippen molar-refractivity contribution in [3.63, 3.8) is 0 Å². The van der Waals surface area contributed by atoms with Crippen LogP contribution < -0.4 is 0 Å². The summed E-state index contributed by atoms with van der Waals surface area (Å²) >= 11 is 0. The first-order valence-electron chi connectivity index (χ1n) is 12.3. The highest BCUT2D eigenvalue weighted by Gasteiger charge is 2.22. The van der Waals surface area contributed by atoms with Crippen LogP contribution in [0.2, 0.25) is 0 Å². The second-order valence-electron chi connectivity index (χ2n) is 9.37. The second kappa shape index (κ2) is 7.70. The maximum Gasteiger partial charge on any atom is 0.182 e. The quantitative estimate of drug-likeness (QED) is 0.242. The predicted molar refractivity (Wildman–Crippen MR) is 148 cm³/mol. The maximum absolute atomic E-state index is 14.4. The number of para-hydroxylation sites is 4. The lowest BCUT2D eigenvalue weighted by Gasteiger charge is -2.16. The fourth-order valence-electron chi connectivity index (χ4n) is 5.63. The second-order valence-corrected chi connectivity index (χ2v) is 9.37. The number of fused-ring (bicyclic) bond motifs is 7. The van der Waals surface area contributed by atoms with E-state index in [-0.39, 0.29) is 11.0 Å². The van der Waals surface area contributed by atoms with Crippen LogP contribution in [0.15, 0.2) is 109 Å². The van der Waals surface area contributed by atoms with Gasteiger partial charge in [-0.1, -0.05) is 72.8 Å². The zero-order chi connectivity index (χ0) is 25.4. The number of rotatable bonds is 2. The van der Waals surface area contributed by atoms with E-state index in [0.29, 0.717) is 11.6 Å². The summed E-state index contributed by atoms with van der Waals surface area (Å²) in [6, 6.07) is 34.7. The van der Waals surface area contributed by atoms with E-state index >= 15 is 0 Å². The van der Waals surface area contributed by atoms with Gasteiger partial charge in [0, 0.05) is 33.7 Å². The number of nitrogens with zero attached hydrogens (tertiary/aromatic N) is 4. The van der Waals surface area contributed by atoms with Crippen molar-refractivity contribution in [2.45, 2.75) is 0 Å². The highest BCUT2D eigenvalue weighted by atomic mass is 19.2. The monoisotopic (exact) mass is 496 g/mol. The molecular formula is C32H18F2N4. The van der Waals surface area contributed by atoms with Crippen LogP contribution in [0.25, 0.3) is 66.3 Å². The van der Waals surface area contributed by atoms with Gasteiger partial charge in [-0.15, -0.1) is 0 Å². The average molecular weight is 497 g/mol. The highest BCUT2D eigenvalue weighted by Crippen LogP contribution is 2.37. The van der Waals surface area contributed by atoms with Gasteiger partial charge in [-0.3, -0.25) is 9.13 Å². The number of hydrogen-bond acceptors (Lipinski definition) is 2. The molecule has 0 fully saturated rings. The molecule has 4 nitrogen and oxygen atoms in total. The molecule has 5 aromatic carbocycles. The van der Waals surface area contributed by atoms with Crippen LogP contribution in [0.1, 0.15) is 0 Å². The zero-order valence-corrected chi connectivity index (χ0v) is 19.9. The first-order chi connectivity index (χ1) is 18.7. The molecule has 180 valence electrons. The third-order valence-electron chi connectivity index (χ3n) is 7.25. The van der Waals surface area contributed by atoms with Gasteiger partial charge in [-0.05, 0) is 24.3 Å². The van der Waals surface area contributed by atoms with Gasteiger partial charge < -0.3 is 0 Å². The van der Waals surface area contributed by atoms with E-state index in [2.05, 4.69) is 33.4 Å². The molecule has 38 heavy (non-hydrogen) atoms. The molecule has 0 radical (unpaired) electrons. The fraction of sp³-hybridized carbons (Fsp3) is 0. The van der Waals surface area contributed by atoms with E-state index in [1.54, 1.807) is 0 Å². The molecule has 0 saturated carbocycles. The summed E-state index contributed by atoms with van der Waals surface area (Å²) < 4.78 is 32.9. The number of hydrogen-bond donors (Lipinski definition) is 0. The van der Waals surface area contributed by atoms with E-state index in [1.165, 1.54) is 0 Å². The Bertz CT molecular complexity index is 1960. The smallest absolute Gasteiger partial charge is 0.182 e. The molecule has 0 aliphatic heterocycles. The van der Waals surface area contributed by atoms with Gasteiger partial charge in [0.05, 0.1) is 33.1 Å². The summed E-state index contributed by atoms with van der Waals surface area (Å²) in [6.07, 6.45) is 0. The van der Waals surface area contributed by atoms with Gasteiger partial charge in [0.1, 0.15) is 0 Å². The minimum atomic E-state index is -0.954. The normalized spacial score (nSPS) is 11.9. The molecular weight excluding hydrogens is 478 g/mol. The third-order valence-corrected chi connectivity index (χ3v) is 7.25. The van der Waals surface area contributed by atoms with Crippen molar-refractivity contribution in [3.8, 4) is 11.6 Å². The fourth-order valence-corrected chi connectivity index (χ4v) is 5.63. The number of benzene rings is 5. The molecule has 0 aliphatic rings. The van der Waals surface area contributed by atoms with E-state index in [9.17, 15) is 8.78 Å². The Kier molecular flexibility index (Phi) is 4.26. The van der Waals surface area contributed by atoms with E-state index < -0.39 is 11.6 Å². The summed E-state index contributed by atoms with van der Waals surface area (Å²) in [7, 11) is 0. The van der Waals surface area contributed by atoms with E-state index in [1.807, 2.05) is 72.8 Å². The van der Waals surface area contributed by atoms with Crippen LogP contribution in [0.5, 0.6) is 0 Å². The largest absolute Gasteiger partial charge is 0.291 e. The Balaban J connectivity index is 1.61. The predicted octanol–water partition coefficient (Wildman–Crippen LogP) is 8.10. The lowest BCUT2D eigenvalue weighted by Crippen LogP contribution is -2.09. The molecule has 0 saturated heterocycles. The molecule has 3 aromatic heterocycles. The van der Waals surface area contributed by atoms with Gasteiger partial charge in [-0.2, -0.15) is 0 Å². The van der Waals surface area contributed by atoms with Crippen molar-refractivity contribution in [1.82, 2.24) is 19.1 Å². The zero-order valence-electron chi connectivity index (χ0n) is 19.9. The molecule has 8 aromatic rings. The summed E-state index contributed by atoms with van der Waals surface area (Å²) in [5.41, 5.74) is 4.37. The Morgan fingerprint density at radius 3 is 1.03 bits per heavy atom. The van der Waals surface area contributed by atoms with Crippen molar-refractivity contribution in [1.29, 1.82) is 0 Å². The molecule has 0 atom stereocenters. The summed E-state index contributed by atoms with van der Waals surface area (Å²) in [6.45, 7) is 0. The SMILES string of the molecule is Fc1cc2nc(-n3c4ccccc4c4ccccc43)c(-n3c4ccccc4c4ccccc43)nc2cc1F. The maximum atomic E-state index is 14.4. The lowest BCUT2D eigenvalue weighted by molar-refractivity contribution is 0.510.